The number of hydrogen-bond donors (Lipinski definition) is 1. The van der Waals surface area contributed by atoms with Crippen LogP contribution in [0.4, 0.5) is 4.79 Å². The Morgan fingerprint density at radius 1 is 1.25 bits per heavy atom. The Bertz CT molecular complexity index is 809. The van der Waals surface area contributed by atoms with Crippen LogP contribution in [0, 0.1) is 23.7 Å². The summed E-state index contributed by atoms with van der Waals surface area (Å²) < 4.78 is 24.2. The maximum atomic E-state index is 13.0. The van der Waals surface area contributed by atoms with Gasteiger partial charge in [-0.3, -0.25) is 4.79 Å². The van der Waals surface area contributed by atoms with Crippen LogP contribution in [-0.4, -0.2) is 80.3 Å². The molecule has 2 saturated carbocycles. The average Bonchev–Trinajstić information content (AvgIpc) is 3.72. The molecular weight excluding hydrogens is 412 g/mol. The van der Waals surface area contributed by atoms with Gasteiger partial charge in [-0.2, -0.15) is 0 Å². The molecule has 0 aromatic carbocycles. The lowest BCUT2D eigenvalue weighted by molar-refractivity contribution is -0.123. The molecule has 2 amide bonds. The van der Waals surface area contributed by atoms with Gasteiger partial charge in [-0.1, -0.05) is 11.6 Å². The van der Waals surface area contributed by atoms with Gasteiger partial charge in [-0.05, 0) is 51.9 Å². The summed E-state index contributed by atoms with van der Waals surface area (Å²) in [6.45, 7) is 8.23. The van der Waals surface area contributed by atoms with Gasteiger partial charge in [0.25, 0.3) is 0 Å². The van der Waals surface area contributed by atoms with Crippen LogP contribution in [0.3, 0.4) is 0 Å². The number of carbonyl (C=O) groups is 2. The number of allylic oxidation sites excluding steroid dienone is 1. The van der Waals surface area contributed by atoms with Crippen molar-refractivity contribution in [3.63, 3.8) is 0 Å². The number of methoxy groups -OCH3 is 1. The first-order chi connectivity index (χ1) is 15.2. The van der Waals surface area contributed by atoms with E-state index in [-0.39, 0.29) is 65.2 Å². The Morgan fingerprint density at radius 3 is 2.50 bits per heavy atom. The van der Waals surface area contributed by atoms with Crippen molar-refractivity contribution in [1.29, 1.82) is 0 Å². The molecular formula is C24H36N2O6. The standard InChI is InChI=1S/C24H36N2O6/c1-13(2)6-7-17-23(3,32-17)20-19(29-5)16(8-9-24(20)12-30-24)31-22(28)26-10-14-15(11-26)18(14)21(27)25-4/h6,14-20H,7-12H2,1-5H3,(H,25,27)/t14-,15+,16-,17-,18?,19-,20?,23+,24+/m1/s1. The minimum absolute atomic E-state index is 0.0201. The van der Waals surface area contributed by atoms with Gasteiger partial charge in [0, 0.05) is 33.2 Å². The predicted molar refractivity (Wildman–Crippen MR) is 116 cm³/mol. The first-order valence-electron chi connectivity index (χ1n) is 11.9. The lowest BCUT2D eigenvalue weighted by Gasteiger charge is -2.43. The van der Waals surface area contributed by atoms with Crippen LogP contribution in [0.25, 0.3) is 0 Å². The van der Waals surface area contributed by atoms with E-state index in [1.165, 1.54) is 5.57 Å². The molecule has 32 heavy (non-hydrogen) atoms. The lowest BCUT2D eigenvalue weighted by Crippen LogP contribution is -2.56. The molecule has 5 aliphatic rings. The van der Waals surface area contributed by atoms with Crippen molar-refractivity contribution in [3.05, 3.63) is 11.6 Å². The number of nitrogens with zero attached hydrogens (tertiary/aromatic N) is 1. The molecule has 178 valence electrons. The average molecular weight is 449 g/mol. The van der Waals surface area contributed by atoms with Crippen LogP contribution in [0.2, 0.25) is 0 Å². The summed E-state index contributed by atoms with van der Waals surface area (Å²) in [5.41, 5.74) is 0.708. The van der Waals surface area contributed by atoms with Crippen LogP contribution in [0.1, 0.15) is 40.0 Å². The van der Waals surface area contributed by atoms with Crippen LogP contribution in [0.15, 0.2) is 11.6 Å². The van der Waals surface area contributed by atoms with E-state index in [0.29, 0.717) is 19.7 Å². The molecule has 1 N–H and O–H groups in total. The highest BCUT2D eigenvalue weighted by Crippen LogP contribution is 2.60. The molecule has 1 spiro atoms. The summed E-state index contributed by atoms with van der Waals surface area (Å²) in [7, 11) is 3.35. The van der Waals surface area contributed by atoms with Gasteiger partial charge in [0.15, 0.2) is 0 Å². The molecule has 5 rings (SSSR count). The fourth-order valence-electron chi connectivity index (χ4n) is 6.51. The Balaban J connectivity index is 1.23. The molecule has 8 heteroatoms. The largest absolute Gasteiger partial charge is 0.443 e. The van der Waals surface area contributed by atoms with E-state index < -0.39 is 0 Å². The number of amides is 2. The predicted octanol–water partition coefficient (Wildman–Crippen LogP) is 2.12. The number of likely N-dealkylation sites (tertiary alicyclic amines) is 1. The molecule has 5 fully saturated rings. The second-order valence-corrected chi connectivity index (χ2v) is 10.7. The van der Waals surface area contributed by atoms with E-state index in [1.807, 2.05) is 0 Å². The van der Waals surface area contributed by atoms with Gasteiger partial charge in [0.05, 0.1) is 18.6 Å². The molecule has 3 aliphatic heterocycles. The summed E-state index contributed by atoms with van der Waals surface area (Å²) in [5.74, 6) is 0.672. The highest BCUT2D eigenvalue weighted by atomic mass is 16.6. The van der Waals surface area contributed by atoms with E-state index >= 15 is 0 Å². The third-order valence-electron chi connectivity index (χ3n) is 8.49. The Morgan fingerprint density at radius 2 is 1.94 bits per heavy atom. The van der Waals surface area contributed by atoms with Crippen LogP contribution in [-0.2, 0) is 23.7 Å². The van der Waals surface area contributed by atoms with E-state index in [1.54, 1.807) is 19.1 Å². The van der Waals surface area contributed by atoms with Crippen molar-refractivity contribution in [2.45, 2.75) is 69.5 Å². The number of carbonyl (C=O) groups excluding carboxylic acids is 2. The first kappa shape index (κ1) is 22.2. The number of ether oxygens (including phenoxy) is 4. The number of fused-ring (bicyclic) bond motifs is 1. The second kappa shape index (κ2) is 7.71. The molecule has 0 aromatic rings. The van der Waals surface area contributed by atoms with Crippen molar-refractivity contribution >= 4 is 12.0 Å². The van der Waals surface area contributed by atoms with E-state index in [4.69, 9.17) is 18.9 Å². The monoisotopic (exact) mass is 448 g/mol. The molecule has 0 bridgehead atoms. The molecule has 2 unspecified atom stereocenters. The zero-order valence-corrected chi connectivity index (χ0v) is 19.8. The van der Waals surface area contributed by atoms with Crippen molar-refractivity contribution in [1.82, 2.24) is 10.2 Å². The molecule has 3 heterocycles. The first-order valence-corrected chi connectivity index (χ1v) is 11.9. The van der Waals surface area contributed by atoms with Crippen molar-refractivity contribution in [3.8, 4) is 0 Å². The summed E-state index contributed by atoms with van der Waals surface area (Å²) in [5, 5.41) is 2.72. The zero-order valence-electron chi connectivity index (χ0n) is 19.8. The van der Waals surface area contributed by atoms with Gasteiger partial charge in [0.1, 0.15) is 23.4 Å². The minimum Gasteiger partial charge on any atom is -0.443 e. The summed E-state index contributed by atoms with van der Waals surface area (Å²) in [6.07, 6.45) is 3.87. The third kappa shape index (κ3) is 3.55. The topological polar surface area (TPSA) is 92.9 Å². The Hall–Kier alpha value is -1.64. The number of rotatable bonds is 6. The van der Waals surface area contributed by atoms with Crippen LogP contribution >= 0.6 is 0 Å². The minimum atomic E-state index is -0.343. The molecule has 0 radical (unpaired) electrons. The number of nitrogens with one attached hydrogen (secondary N) is 1. The summed E-state index contributed by atoms with van der Waals surface area (Å²) >= 11 is 0. The summed E-state index contributed by atoms with van der Waals surface area (Å²) in [6, 6.07) is 0. The van der Waals surface area contributed by atoms with Gasteiger partial charge in [0.2, 0.25) is 5.91 Å². The van der Waals surface area contributed by atoms with Crippen molar-refractivity contribution in [2.24, 2.45) is 23.7 Å². The lowest BCUT2D eigenvalue weighted by atomic mass is 9.68. The second-order valence-electron chi connectivity index (χ2n) is 10.7. The fourth-order valence-corrected chi connectivity index (χ4v) is 6.51. The fraction of sp³-hybridized carbons (Fsp3) is 0.833. The highest BCUT2D eigenvalue weighted by molar-refractivity contribution is 5.83. The SMILES string of the molecule is CNC(=O)C1[C@H]2CN(C(=O)O[C@@H]3CC[C@]4(CO4)C([C@@]4(C)O[C@@H]4CC=C(C)C)[C@@H]3OC)C[C@@H]12. The molecule has 0 aromatic heterocycles. The van der Waals surface area contributed by atoms with Gasteiger partial charge < -0.3 is 29.2 Å². The summed E-state index contributed by atoms with van der Waals surface area (Å²) in [4.78, 5) is 26.6. The van der Waals surface area contributed by atoms with Gasteiger partial charge >= 0.3 is 6.09 Å². The number of hydrogen-bond acceptors (Lipinski definition) is 6. The van der Waals surface area contributed by atoms with Gasteiger partial charge in [-0.15, -0.1) is 0 Å². The molecule has 2 aliphatic carbocycles. The van der Waals surface area contributed by atoms with Crippen LogP contribution in [0.5, 0.6) is 0 Å². The Labute approximate surface area is 190 Å². The number of piperidine rings is 1. The van der Waals surface area contributed by atoms with E-state index in [2.05, 4.69) is 32.2 Å². The smallest absolute Gasteiger partial charge is 0.410 e. The zero-order chi connectivity index (χ0) is 22.8. The third-order valence-corrected chi connectivity index (χ3v) is 8.49. The normalized spacial score (nSPS) is 45.8. The van der Waals surface area contributed by atoms with Crippen molar-refractivity contribution < 1.29 is 28.5 Å². The molecule has 3 saturated heterocycles. The van der Waals surface area contributed by atoms with Gasteiger partial charge in [-0.25, -0.2) is 4.79 Å². The quantitative estimate of drug-likeness (QED) is 0.494. The molecule has 8 nitrogen and oxygen atoms in total. The highest BCUT2D eigenvalue weighted by Gasteiger charge is 2.72. The van der Waals surface area contributed by atoms with E-state index in [9.17, 15) is 9.59 Å². The van der Waals surface area contributed by atoms with Crippen LogP contribution < -0.4 is 5.32 Å². The van der Waals surface area contributed by atoms with E-state index in [0.717, 1.165) is 19.3 Å². The maximum Gasteiger partial charge on any atom is 0.410 e. The maximum absolute atomic E-state index is 13.0. The van der Waals surface area contributed by atoms with Crippen molar-refractivity contribution in [2.75, 3.05) is 33.9 Å². The Kier molecular flexibility index (Phi) is 5.34. The molecule has 9 atom stereocenters. The number of epoxide rings is 2.